The highest BCUT2D eigenvalue weighted by Gasteiger charge is 2.22. The lowest BCUT2D eigenvalue weighted by molar-refractivity contribution is 0.0682. The van der Waals surface area contributed by atoms with Crippen molar-refractivity contribution in [1.82, 2.24) is 15.1 Å². The van der Waals surface area contributed by atoms with Crippen molar-refractivity contribution in [2.75, 3.05) is 6.61 Å². The zero-order valence-corrected chi connectivity index (χ0v) is 16.8. The van der Waals surface area contributed by atoms with Crippen LogP contribution in [0, 0.1) is 0 Å². The molecule has 156 valence electrons. The van der Waals surface area contributed by atoms with Crippen LogP contribution in [0.5, 0.6) is 11.5 Å². The highest BCUT2D eigenvalue weighted by molar-refractivity contribution is 5.97. The summed E-state index contributed by atoms with van der Waals surface area (Å²) in [4.78, 5) is 24.2. The third-order valence-corrected chi connectivity index (χ3v) is 4.92. The molecule has 0 atom stereocenters. The van der Waals surface area contributed by atoms with E-state index in [1.807, 2.05) is 6.92 Å². The van der Waals surface area contributed by atoms with Gasteiger partial charge in [-0.1, -0.05) is 6.92 Å². The minimum Gasteiger partial charge on any atom is -0.493 e. The van der Waals surface area contributed by atoms with Crippen LogP contribution in [0.2, 0.25) is 0 Å². The summed E-state index contributed by atoms with van der Waals surface area (Å²) in [5.74, 6) is -0.262. The molecule has 2 aromatic rings. The second-order valence-corrected chi connectivity index (χ2v) is 7.16. The normalized spacial score (nSPS) is 14.0. The second-order valence-electron chi connectivity index (χ2n) is 7.16. The van der Waals surface area contributed by atoms with E-state index in [1.165, 1.54) is 10.9 Å². The number of rotatable bonds is 9. The maximum absolute atomic E-state index is 12.8. The van der Waals surface area contributed by atoms with Crippen molar-refractivity contribution in [3.05, 3.63) is 41.2 Å². The predicted molar refractivity (Wildman–Crippen MR) is 106 cm³/mol. The number of nitrogens with one attached hydrogen (secondary N) is 1. The fourth-order valence-electron chi connectivity index (χ4n) is 3.44. The lowest BCUT2D eigenvalue weighted by Crippen LogP contribution is -2.25. The smallest absolute Gasteiger partial charge is 0.354 e. The van der Waals surface area contributed by atoms with Gasteiger partial charge in [-0.15, -0.1) is 0 Å². The minimum absolute atomic E-state index is 0.0519. The number of amides is 1. The van der Waals surface area contributed by atoms with Gasteiger partial charge in [-0.3, -0.25) is 9.48 Å². The van der Waals surface area contributed by atoms with Crippen LogP contribution in [0.4, 0.5) is 0 Å². The van der Waals surface area contributed by atoms with Gasteiger partial charge in [0.05, 0.1) is 24.5 Å². The molecular weight excluding hydrogens is 374 g/mol. The summed E-state index contributed by atoms with van der Waals surface area (Å²) in [5.41, 5.74) is 0.895. The van der Waals surface area contributed by atoms with Gasteiger partial charge in [0.1, 0.15) is 11.5 Å². The van der Waals surface area contributed by atoms with Crippen LogP contribution in [0.15, 0.2) is 24.4 Å². The number of carbonyl (C=O) groups is 2. The number of hydrogen-bond donors (Lipinski definition) is 2. The lowest BCUT2D eigenvalue weighted by atomic mass is 10.1. The quantitative estimate of drug-likeness (QED) is 0.669. The lowest BCUT2D eigenvalue weighted by Gasteiger charge is -2.17. The fourth-order valence-corrected chi connectivity index (χ4v) is 3.44. The van der Waals surface area contributed by atoms with Crippen LogP contribution in [-0.2, 0) is 13.6 Å². The Balaban J connectivity index is 1.76. The van der Waals surface area contributed by atoms with Crippen LogP contribution >= 0.6 is 0 Å². The van der Waals surface area contributed by atoms with Gasteiger partial charge in [0, 0.05) is 25.2 Å². The van der Waals surface area contributed by atoms with Crippen molar-refractivity contribution in [2.24, 2.45) is 7.05 Å². The van der Waals surface area contributed by atoms with E-state index in [-0.39, 0.29) is 24.2 Å². The molecule has 0 bridgehead atoms. The molecule has 0 aliphatic heterocycles. The van der Waals surface area contributed by atoms with E-state index in [4.69, 9.17) is 9.47 Å². The molecule has 3 rings (SSSR count). The first-order chi connectivity index (χ1) is 14.0. The third-order valence-electron chi connectivity index (χ3n) is 4.92. The molecule has 8 nitrogen and oxygen atoms in total. The Morgan fingerprint density at radius 3 is 2.76 bits per heavy atom. The molecular formula is C21H27N3O5. The standard InChI is InChI=1S/C21H27N3O5/c1-3-10-28-16-8-9-17(18(11-16)29-15-6-4-5-7-15)20(25)22-12-14-13-23-24(2)19(14)21(26)27/h8-9,11,13,15H,3-7,10,12H2,1-2H3,(H,22,25)(H,26,27). The molecule has 8 heteroatoms. The first kappa shape index (κ1) is 20.7. The summed E-state index contributed by atoms with van der Waals surface area (Å²) in [6, 6.07) is 5.19. The fraction of sp³-hybridized carbons (Fsp3) is 0.476. The Labute approximate surface area is 169 Å². The molecule has 1 aromatic heterocycles. The van der Waals surface area contributed by atoms with E-state index < -0.39 is 5.97 Å². The molecule has 1 aliphatic carbocycles. The maximum Gasteiger partial charge on any atom is 0.354 e. The Bertz CT molecular complexity index is 871. The molecule has 1 aliphatic rings. The van der Waals surface area contributed by atoms with Crippen molar-refractivity contribution in [1.29, 1.82) is 0 Å². The summed E-state index contributed by atoms with van der Waals surface area (Å²) in [6.07, 6.45) is 6.62. The average molecular weight is 401 g/mol. The molecule has 2 N–H and O–H groups in total. The Hall–Kier alpha value is -3.03. The predicted octanol–water partition coefficient (Wildman–Crippen LogP) is 3.16. The van der Waals surface area contributed by atoms with Crippen molar-refractivity contribution in [3.63, 3.8) is 0 Å². The van der Waals surface area contributed by atoms with Crippen LogP contribution in [0.3, 0.4) is 0 Å². The molecule has 29 heavy (non-hydrogen) atoms. The third kappa shape index (κ3) is 5.07. The van der Waals surface area contributed by atoms with E-state index >= 15 is 0 Å². The monoisotopic (exact) mass is 401 g/mol. The minimum atomic E-state index is -1.09. The topological polar surface area (TPSA) is 103 Å². The molecule has 1 fully saturated rings. The van der Waals surface area contributed by atoms with Gasteiger partial charge in [-0.25, -0.2) is 4.79 Å². The van der Waals surface area contributed by atoms with Gasteiger partial charge < -0.3 is 19.9 Å². The number of carbonyl (C=O) groups excluding carboxylic acids is 1. The van der Waals surface area contributed by atoms with Crippen LogP contribution in [0.25, 0.3) is 0 Å². The number of aryl methyl sites for hydroxylation is 1. The summed E-state index contributed by atoms with van der Waals surface area (Å²) < 4.78 is 13.1. The number of aromatic nitrogens is 2. The van der Waals surface area contributed by atoms with Gasteiger partial charge in [0.15, 0.2) is 5.69 Å². The van der Waals surface area contributed by atoms with Crippen LogP contribution < -0.4 is 14.8 Å². The molecule has 0 radical (unpaired) electrons. The van der Waals surface area contributed by atoms with Crippen molar-refractivity contribution in [3.8, 4) is 11.5 Å². The molecule has 1 amide bonds. The number of nitrogens with zero attached hydrogens (tertiary/aromatic N) is 2. The zero-order chi connectivity index (χ0) is 20.8. The summed E-state index contributed by atoms with van der Waals surface area (Å²) >= 11 is 0. The number of hydrogen-bond acceptors (Lipinski definition) is 5. The molecule has 1 aromatic carbocycles. The van der Waals surface area contributed by atoms with Crippen LogP contribution in [0.1, 0.15) is 65.4 Å². The zero-order valence-electron chi connectivity index (χ0n) is 16.8. The number of aromatic carboxylic acids is 1. The van der Waals surface area contributed by atoms with E-state index in [1.54, 1.807) is 25.2 Å². The molecule has 0 unspecified atom stereocenters. The van der Waals surface area contributed by atoms with Gasteiger partial charge in [-0.05, 0) is 44.2 Å². The number of carboxylic acid groups (broad SMARTS) is 1. The van der Waals surface area contributed by atoms with Crippen LogP contribution in [-0.4, -0.2) is 39.5 Å². The van der Waals surface area contributed by atoms with Gasteiger partial charge >= 0.3 is 5.97 Å². The van der Waals surface area contributed by atoms with E-state index in [9.17, 15) is 14.7 Å². The highest BCUT2D eigenvalue weighted by Crippen LogP contribution is 2.30. The maximum atomic E-state index is 12.8. The highest BCUT2D eigenvalue weighted by atomic mass is 16.5. The summed E-state index contributed by atoms with van der Waals surface area (Å²) in [7, 11) is 1.55. The molecule has 1 saturated carbocycles. The second kappa shape index (κ2) is 9.45. The van der Waals surface area contributed by atoms with Crippen molar-refractivity contribution < 1.29 is 24.2 Å². The first-order valence-electron chi connectivity index (χ1n) is 9.95. The molecule has 1 heterocycles. The van der Waals surface area contributed by atoms with E-state index in [0.717, 1.165) is 32.1 Å². The van der Waals surface area contributed by atoms with Gasteiger partial charge in [0.2, 0.25) is 0 Å². The SMILES string of the molecule is CCCOc1ccc(C(=O)NCc2cnn(C)c2C(=O)O)c(OC2CCCC2)c1. The molecule has 0 saturated heterocycles. The van der Waals surface area contributed by atoms with Gasteiger partial charge in [-0.2, -0.15) is 5.10 Å². The average Bonchev–Trinajstić information content (AvgIpc) is 3.34. The largest absolute Gasteiger partial charge is 0.493 e. The number of benzene rings is 1. The Morgan fingerprint density at radius 1 is 1.31 bits per heavy atom. The number of carboxylic acids is 1. The van der Waals surface area contributed by atoms with Crippen molar-refractivity contribution in [2.45, 2.75) is 51.7 Å². The number of ether oxygens (including phenoxy) is 2. The Morgan fingerprint density at radius 2 is 2.07 bits per heavy atom. The Kier molecular flexibility index (Phi) is 6.74. The van der Waals surface area contributed by atoms with E-state index in [2.05, 4.69) is 10.4 Å². The van der Waals surface area contributed by atoms with E-state index in [0.29, 0.717) is 29.2 Å². The summed E-state index contributed by atoms with van der Waals surface area (Å²) in [5, 5.41) is 16.0. The molecule has 0 spiro atoms. The first-order valence-corrected chi connectivity index (χ1v) is 9.95. The van der Waals surface area contributed by atoms with Gasteiger partial charge in [0.25, 0.3) is 5.91 Å². The van der Waals surface area contributed by atoms with Crippen molar-refractivity contribution >= 4 is 11.9 Å². The summed E-state index contributed by atoms with van der Waals surface area (Å²) in [6.45, 7) is 2.68.